The molecule has 2 aromatic carbocycles. The second-order valence-corrected chi connectivity index (χ2v) is 9.09. The van der Waals surface area contributed by atoms with Crippen LogP contribution in [0.5, 0.6) is 0 Å². The van der Waals surface area contributed by atoms with E-state index >= 15 is 0 Å². The zero-order chi connectivity index (χ0) is 22.3. The molecule has 2 fully saturated rings. The minimum Gasteiger partial charge on any atom is -0.354 e. The molecule has 2 N–H and O–H groups in total. The smallest absolute Gasteiger partial charge is 0.243 e. The standard InChI is InChI=1S/C26H33N3O3/c30-24(27-17-19-8-2-1-3-9-19)18-28-26(32)23-14-7-15-29(23)25(31)16-21-12-6-11-20-10-4-5-13-22(20)21/h4-6,10-13,19,23H,1-3,7-9,14-18H2,(H,27,30)(H,28,32). The molecule has 4 rings (SSSR count). The molecule has 2 aromatic rings. The number of carbonyl (C=O) groups excluding carboxylic acids is 3. The Morgan fingerprint density at radius 3 is 2.50 bits per heavy atom. The molecule has 1 saturated carbocycles. The molecule has 1 heterocycles. The maximum atomic E-state index is 13.1. The fourth-order valence-electron chi connectivity index (χ4n) is 5.05. The number of hydrogen-bond acceptors (Lipinski definition) is 3. The van der Waals surface area contributed by atoms with E-state index in [0.29, 0.717) is 25.4 Å². The number of rotatable bonds is 7. The van der Waals surface area contributed by atoms with Crippen molar-refractivity contribution in [2.24, 2.45) is 5.92 Å². The normalized spacial score (nSPS) is 19.1. The lowest BCUT2D eigenvalue weighted by molar-refractivity contribution is -0.138. The van der Waals surface area contributed by atoms with E-state index in [1.807, 2.05) is 42.5 Å². The fraction of sp³-hybridized carbons (Fsp3) is 0.500. The number of likely N-dealkylation sites (tertiary alicyclic amines) is 1. The first-order valence-corrected chi connectivity index (χ1v) is 11.9. The van der Waals surface area contributed by atoms with Gasteiger partial charge in [0.2, 0.25) is 17.7 Å². The van der Waals surface area contributed by atoms with Gasteiger partial charge in [-0.25, -0.2) is 0 Å². The summed E-state index contributed by atoms with van der Waals surface area (Å²) < 4.78 is 0. The molecule has 1 saturated heterocycles. The Morgan fingerprint density at radius 1 is 0.875 bits per heavy atom. The lowest BCUT2D eigenvalue weighted by Crippen LogP contribution is -2.48. The Hall–Kier alpha value is -2.89. The van der Waals surface area contributed by atoms with E-state index in [4.69, 9.17) is 0 Å². The van der Waals surface area contributed by atoms with Crippen LogP contribution in [0.4, 0.5) is 0 Å². The molecule has 6 nitrogen and oxygen atoms in total. The first-order valence-electron chi connectivity index (χ1n) is 11.9. The first kappa shape index (κ1) is 22.3. The summed E-state index contributed by atoms with van der Waals surface area (Å²) in [7, 11) is 0. The monoisotopic (exact) mass is 435 g/mol. The van der Waals surface area contributed by atoms with Gasteiger partial charge in [-0.15, -0.1) is 0 Å². The van der Waals surface area contributed by atoms with Gasteiger partial charge in [-0.05, 0) is 47.9 Å². The maximum Gasteiger partial charge on any atom is 0.243 e. The van der Waals surface area contributed by atoms with Crippen molar-refractivity contribution < 1.29 is 14.4 Å². The predicted molar refractivity (Wildman–Crippen MR) is 125 cm³/mol. The molecule has 1 aliphatic heterocycles. The highest BCUT2D eigenvalue weighted by Crippen LogP contribution is 2.24. The van der Waals surface area contributed by atoms with Crippen LogP contribution in [0.2, 0.25) is 0 Å². The Balaban J connectivity index is 1.29. The van der Waals surface area contributed by atoms with Crippen molar-refractivity contribution in [2.75, 3.05) is 19.6 Å². The molecule has 32 heavy (non-hydrogen) atoms. The van der Waals surface area contributed by atoms with Gasteiger partial charge in [0.1, 0.15) is 6.04 Å². The van der Waals surface area contributed by atoms with Crippen molar-refractivity contribution in [3.05, 3.63) is 48.0 Å². The zero-order valence-corrected chi connectivity index (χ0v) is 18.6. The van der Waals surface area contributed by atoms with E-state index in [1.165, 1.54) is 32.1 Å². The molecule has 0 spiro atoms. The average Bonchev–Trinajstić information content (AvgIpc) is 3.32. The molecule has 170 valence electrons. The van der Waals surface area contributed by atoms with Crippen molar-refractivity contribution in [1.82, 2.24) is 15.5 Å². The van der Waals surface area contributed by atoms with E-state index in [0.717, 1.165) is 22.8 Å². The van der Waals surface area contributed by atoms with Crippen molar-refractivity contribution in [1.29, 1.82) is 0 Å². The summed E-state index contributed by atoms with van der Waals surface area (Å²) in [5.74, 6) is 0.123. The predicted octanol–water partition coefficient (Wildman–Crippen LogP) is 3.19. The molecule has 1 unspecified atom stereocenters. The molecule has 3 amide bonds. The van der Waals surface area contributed by atoms with Gasteiger partial charge in [0.15, 0.2) is 0 Å². The summed E-state index contributed by atoms with van der Waals surface area (Å²) in [5.41, 5.74) is 0.973. The van der Waals surface area contributed by atoms with Crippen LogP contribution in [0.25, 0.3) is 10.8 Å². The number of nitrogens with one attached hydrogen (secondary N) is 2. The summed E-state index contributed by atoms with van der Waals surface area (Å²) in [5, 5.41) is 7.87. The van der Waals surface area contributed by atoms with Gasteiger partial charge in [0.05, 0.1) is 13.0 Å². The van der Waals surface area contributed by atoms with E-state index in [9.17, 15) is 14.4 Å². The number of hydrogen-bond donors (Lipinski definition) is 2. The summed E-state index contributed by atoms with van der Waals surface area (Å²) in [4.78, 5) is 39.7. The molecule has 1 atom stereocenters. The maximum absolute atomic E-state index is 13.1. The number of carbonyl (C=O) groups is 3. The Morgan fingerprint density at radius 2 is 1.66 bits per heavy atom. The third-order valence-corrected chi connectivity index (χ3v) is 6.83. The number of fused-ring (bicyclic) bond motifs is 1. The number of amides is 3. The number of nitrogens with zero attached hydrogens (tertiary/aromatic N) is 1. The fourth-order valence-corrected chi connectivity index (χ4v) is 5.05. The minimum atomic E-state index is -0.497. The summed E-state index contributed by atoms with van der Waals surface area (Å²) >= 11 is 0. The van der Waals surface area contributed by atoms with Crippen molar-refractivity contribution in [3.63, 3.8) is 0 Å². The van der Waals surface area contributed by atoms with Gasteiger partial charge in [0.25, 0.3) is 0 Å². The summed E-state index contributed by atoms with van der Waals surface area (Å²) in [6.07, 6.45) is 7.81. The first-order chi connectivity index (χ1) is 15.6. The average molecular weight is 436 g/mol. The molecule has 0 bridgehead atoms. The van der Waals surface area contributed by atoms with Gasteiger partial charge < -0.3 is 15.5 Å². The third kappa shape index (κ3) is 5.47. The molecule has 0 radical (unpaired) electrons. The largest absolute Gasteiger partial charge is 0.354 e. The topological polar surface area (TPSA) is 78.5 Å². The lowest BCUT2D eigenvalue weighted by Gasteiger charge is -2.24. The van der Waals surface area contributed by atoms with E-state index in [-0.39, 0.29) is 30.7 Å². The van der Waals surface area contributed by atoms with Crippen molar-refractivity contribution in [2.45, 2.75) is 57.4 Å². The second kappa shape index (κ2) is 10.6. The second-order valence-electron chi connectivity index (χ2n) is 9.09. The molecule has 0 aromatic heterocycles. The van der Waals surface area contributed by atoms with Gasteiger partial charge in [0, 0.05) is 13.1 Å². The Kier molecular flexibility index (Phi) is 7.40. The highest BCUT2D eigenvalue weighted by atomic mass is 16.2. The SMILES string of the molecule is O=C(CNC(=O)C1CCCN1C(=O)Cc1cccc2ccccc12)NCC1CCCCC1. The molecular weight excluding hydrogens is 402 g/mol. The van der Waals surface area contributed by atoms with Crippen LogP contribution in [0.15, 0.2) is 42.5 Å². The number of benzene rings is 2. The molecule has 1 aliphatic carbocycles. The lowest BCUT2D eigenvalue weighted by atomic mass is 9.89. The Labute approximate surface area is 189 Å². The minimum absolute atomic E-state index is 0.0343. The molecular formula is C26H33N3O3. The summed E-state index contributed by atoms with van der Waals surface area (Å²) in [6.45, 7) is 1.23. The van der Waals surface area contributed by atoms with Crippen LogP contribution >= 0.6 is 0 Å². The van der Waals surface area contributed by atoms with E-state index in [2.05, 4.69) is 10.6 Å². The van der Waals surface area contributed by atoms with E-state index in [1.54, 1.807) is 4.90 Å². The third-order valence-electron chi connectivity index (χ3n) is 6.83. The highest BCUT2D eigenvalue weighted by molar-refractivity contribution is 5.94. The summed E-state index contributed by atoms with van der Waals surface area (Å²) in [6, 6.07) is 13.5. The van der Waals surface area contributed by atoms with Gasteiger partial charge in [-0.3, -0.25) is 14.4 Å². The molecule has 2 aliphatic rings. The van der Waals surface area contributed by atoms with Crippen LogP contribution < -0.4 is 10.6 Å². The molecule has 6 heteroatoms. The van der Waals surface area contributed by atoms with Gasteiger partial charge >= 0.3 is 0 Å². The van der Waals surface area contributed by atoms with Gasteiger partial charge in [-0.1, -0.05) is 61.7 Å². The zero-order valence-electron chi connectivity index (χ0n) is 18.6. The van der Waals surface area contributed by atoms with Crippen LogP contribution in [0, 0.1) is 5.92 Å². The van der Waals surface area contributed by atoms with Crippen molar-refractivity contribution >= 4 is 28.5 Å². The van der Waals surface area contributed by atoms with Gasteiger partial charge in [-0.2, -0.15) is 0 Å². The Bertz CT molecular complexity index is 962. The van der Waals surface area contributed by atoms with Crippen molar-refractivity contribution in [3.8, 4) is 0 Å². The van der Waals surface area contributed by atoms with Crippen LogP contribution in [-0.4, -0.2) is 48.3 Å². The van der Waals surface area contributed by atoms with Crippen LogP contribution in [-0.2, 0) is 20.8 Å². The van der Waals surface area contributed by atoms with Crippen LogP contribution in [0.1, 0.15) is 50.5 Å². The highest BCUT2D eigenvalue weighted by Gasteiger charge is 2.34. The quantitative estimate of drug-likeness (QED) is 0.701. The van der Waals surface area contributed by atoms with Crippen LogP contribution in [0.3, 0.4) is 0 Å². The van der Waals surface area contributed by atoms with E-state index < -0.39 is 6.04 Å².